The third-order valence-electron chi connectivity index (χ3n) is 2.72. The van der Waals surface area contributed by atoms with E-state index in [1.165, 1.54) is 12.7 Å². The Balaban J connectivity index is 2.36. The zero-order chi connectivity index (χ0) is 11.8. The number of anilines is 2. The van der Waals surface area contributed by atoms with E-state index in [0.29, 0.717) is 5.69 Å². The Labute approximate surface area is 96.0 Å². The Kier molecular flexibility index (Phi) is 2.80. The van der Waals surface area contributed by atoms with Crippen molar-refractivity contribution >= 4 is 21.2 Å². The minimum Gasteiger partial charge on any atom is -0.399 e. The molecule has 0 aliphatic carbocycles. The first-order valence-electron chi connectivity index (χ1n) is 5.27. The Morgan fingerprint density at radius 3 is 2.56 bits per heavy atom. The van der Waals surface area contributed by atoms with Gasteiger partial charge in [0.15, 0.2) is 9.84 Å². The predicted molar refractivity (Wildman–Crippen MR) is 66.2 cm³/mol. The second-order valence-corrected chi connectivity index (χ2v) is 6.44. The summed E-state index contributed by atoms with van der Waals surface area (Å²) in [6.07, 6.45) is 2.42. The molecule has 0 unspecified atom stereocenters. The lowest BCUT2D eigenvalue weighted by Crippen LogP contribution is -2.37. The number of nitrogen functional groups attached to an aromatic ring is 1. The highest BCUT2D eigenvalue weighted by atomic mass is 32.2. The second-order valence-electron chi connectivity index (χ2n) is 4.30. The van der Waals surface area contributed by atoms with Crippen molar-refractivity contribution in [2.75, 3.05) is 30.0 Å². The van der Waals surface area contributed by atoms with Crippen LogP contribution in [0.25, 0.3) is 0 Å². The molecule has 0 radical (unpaired) electrons. The Morgan fingerprint density at radius 1 is 1.38 bits per heavy atom. The molecule has 2 rings (SSSR count). The average Bonchev–Trinajstić information content (AvgIpc) is 2.03. The first-order valence-corrected chi connectivity index (χ1v) is 7.33. The van der Waals surface area contributed by atoms with Gasteiger partial charge in [0.1, 0.15) is 0 Å². The van der Waals surface area contributed by atoms with Gasteiger partial charge >= 0.3 is 0 Å². The molecule has 0 amide bonds. The summed E-state index contributed by atoms with van der Waals surface area (Å²) in [6, 6.07) is 5.49. The van der Waals surface area contributed by atoms with Crippen LogP contribution in [0.2, 0.25) is 0 Å². The molecule has 1 fully saturated rings. The van der Waals surface area contributed by atoms with E-state index < -0.39 is 9.84 Å². The maximum Gasteiger partial charge on any atom is 0.151 e. The van der Waals surface area contributed by atoms with Crippen LogP contribution in [0.3, 0.4) is 0 Å². The first-order chi connectivity index (χ1) is 7.46. The fraction of sp³-hybridized carbons (Fsp3) is 0.455. The summed E-state index contributed by atoms with van der Waals surface area (Å²) in [7, 11) is -3.02. The number of benzene rings is 1. The van der Waals surface area contributed by atoms with Gasteiger partial charge in [-0.1, -0.05) is 0 Å². The summed E-state index contributed by atoms with van der Waals surface area (Å²) in [5, 5.41) is 0. The maximum atomic E-state index is 11.3. The van der Waals surface area contributed by atoms with E-state index in [4.69, 9.17) is 5.73 Å². The molecule has 0 atom stereocenters. The highest BCUT2D eigenvalue weighted by Crippen LogP contribution is 2.28. The third kappa shape index (κ3) is 2.47. The van der Waals surface area contributed by atoms with Crippen LogP contribution < -0.4 is 10.6 Å². The molecule has 1 aromatic carbocycles. The molecule has 2 N–H and O–H groups in total. The summed E-state index contributed by atoms with van der Waals surface area (Å²) < 4.78 is 22.7. The van der Waals surface area contributed by atoms with Crippen LogP contribution in [-0.2, 0) is 15.6 Å². The SMILES string of the molecule is CS(=O)(=O)Cc1cc(N)ccc1N1CCC1. The summed E-state index contributed by atoms with van der Waals surface area (Å²) in [6.45, 7) is 2.00. The first kappa shape index (κ1) is 11.3. The quantitative estimate of drug-likeness (QED) is 0.801. The Hall–Kier alpha value is -1.23. The van der Waals surface area contributed by atoms with Gasteiger partial charge in [-0.15, -0.1) is 0 Å². The van der Waals surface area contributed by atoms with Crippen LogP contribution in [-0.4, -0.2) is 27.8 Å². The summed E-state index contributed by atoms with van der Waals surface area (Å²) in [5.74, 6) is 0.0594. The molecule has 1 aliphatic rings. The van der Waals surface area contributed by atoms with Gasteiger partial charge in [0.05, 0.1) is 5.75 Å². The number of rotatable bonds is 3. The molecule has 1 saturated heterocycles. The maximum absolute atomic E-state index is 11.3. The lowest BCUT2D eigenvalue weighted by atomic mass is 10.1. The van der Waals surface area contributed by atoms with Crippen LogP contribution in [0, 0.1) is 0 Å². The van der Waals surface area contributed by atoms with Crippen molar-refractivity contribution in [3.63, 3.8) is 0 Å². The summed E-state index contributed by atoms with van der Waals surface area (Å²) in [4.78, 5) is 2.18. The zero-order valence-electron chi connectivity index (χ0n) is 9.31. The van der Waals surface area contributed by atoms with Crippen molar-refractivity contribution in [2.24, 2.45) is 0 Å². The molecule has 4 nitrogen and oxygen atoms in total. The van der Waals surface area contributed by atoms with Gasteiger partial charge in [0, 0.05) is 30.7 Å². The van der Waals surface area contributed by atoms with Crippen LogP contribution in [0.4, 0.5) is 11.4 Å². The van der Waals surface area contributed by atoms with Crippen molar-refractivity contribution in [1.82, 2.24) is 0 Å². The lowest BCUT2D eigenvalue weighted by molar-refractivity contribution is 0.599. The third-order valence-corrected chi connectivity index (χ3v) is 3.55. The zero-order valence-corrected chi connectivity index (χ0v) is 10.1. The summed E-state index contributed by atoms with van der Waals surface area (Å²) >= 11 is 0. The van der Waals surface area contributed by atoms with Crippen LogP contribution >= 0.6 is 0 Å². The fourth-order valence-corrected chi connectivity index (χ4v) is 2.67. The van der Waals surface area contributed by atoms with E-state index in [2.05, 4.69) is 4.90 Å². The number of hydrogen-bond acceptors (Lipinski definition) is 4. The van der Waals surface area contributed by atoms with Gasteiger partial charge in [0.2, 0.25) is 0 Å². The molecule has 0 aromatic heterocycles. The smallest absolute Gasteiger partial charge is 0.151 e. The monoisotopic (exact) mass is 240 g/mol. The topological polar surface area (TPSA) is 63.4 Å². The molecule has 88 valence electrons. The fourth-order valence-electron chi connectivity index (χ4n) is 1.87. The van der Waals surface area contributed by atoms with Crippen molar-refractivity contribution in [2.45, 2.75) is 12.2 Å². The van der Waals surface area contributed by atoms with Gasteiger partial charge in [-0.3, -0.25) is 0 Å². The van der Waals surface area contributed by atoms with Gasteiger partial charge in [0.25, 0.3) is 0 Å². The molecule has 0 bridgehead atoms. The summed E-state index contributed by atoms with van der Waals surface area (Å²) in [5.41, 5.74) is 8.12. The van der Waals surface area contributed by atoms with Crippen molar-refractivity contribution in [3.8, 4) is 0 Å². The van der Waals surface area contributed by atoms with Crippen LogP contribution in [0.5, 0.6) is 0 Å². The molecule has 1 aromatic rings. The molecular formula is C11H16N2O2S. The molecule has 0 saturated carbocycles. The van der Waals surface area contributed by atoms with Crippen LogP contribution in [0.15, 0.2) is 18.2 Å². The van der Waals surface area contributed by atoms with Gasteiger partial charge < -0.3 is 10.6 Å². The highest BCUT2D eigenvalue weighted by molar-refractivity contribution is 7.89. The van der Waals surface area contributed by atoms with Gasteiger partial charge in [-0.25, -0.2) is 8.42 Å². The second kappa shape index (κ2) is 3.97. The normalized spacial score (nSPS) is 15.9. The van der Waals surface area contributed by atoms with Gasteiger partial charge in [-0.05, 0) is 30.2 Å². The van der Waals surface area contributed by atoms with Crippen molar-refractivity contribution < 1.29 is 8.42 Å². The minimum absolute atomic E-state index is 0.0594. The molecular weight excluding hydrogens is 224 g/mol. The van der Waals surface area contributed by atoms with E-state index in [1.54, 1.807) is 6.07 Å². The standard InChI is InChI=1S/C11H16N2O2S/c1-16(14,15)8-9-7-10(12)3-4-11(9)13-5-2-6-13/h3-4,7H,2,5-6,8,12H2,1H3. The highest BCUT2D eigenvalue weighted by Gasteiger charge is 2.19. The minimum atomic E-state index is -3.02. The Bertz CT molecular complexity index is 493. The molecule has 5 heteroatoms. The lowest BCUT2D eigenvalue weighted by Gasteiger charge is -2.34. The van der Waals surface area contributed by atoms with E-state index in [1.807, 2.05) is 12.1 Å². The van der Waals surface area contributed by atoms with Crippen molar-refractivity contribution in [1.29, 1.82) is 0 Å². The number of hydrogen-bond donors (Lipinski definition) is 1. The van der Waals surface area contributed by atoms with E-state index in [9.17, 15) is 8.42 Å². The number of sulfone groups is 1. The molecule has 16 heavy (non-hydrogen) atoms. The van der Waals surface area contributed by atoms with E-state index in [0.717, 1.165) is 24.3 Å². The van der Waals surface area contributed by atoms with Gasteiger partial charge in [-0.2, -0.15) is 0 Å². The Morgan fingerprint density at radius 2 is 2.06 bits per heavy atom. The number of nitrogens with zero attached hydrogens (tertiary/aromatic N) is 1. The van der Waals surface area contributed by atoms with Crippen molar-refractivity contribution in [3.05, 3.63) is 23.8 Å². The molecule has 1 heterocycles. The largest absolute Gasteiger partial charge is 0.399 e. The van der Waals surface area contributed by atoms with E-state index in [-0.39, 0.29) is 5.75 Å². The molecule has 0 spiro atoms. The average molecular weight is 240 g/mol. The molecule has 1 aliphatic heterocycles. The number of nitrogens with two attached hydrogens (primary N) is 1. The van der Waals surface area contributed by atoms with Crippen LogP contribution in [0.1, 0.15) is 12.0 Å². The van der Waals surface area contributed by atoms with E-state index >= 15 is 0 Å². The predicted octanol–water partition coefficient (Wildman–Crippen LogP) is 1.02.